The van der Waals surface area contributed by atoms with Gasteiger partial charge in [0.05, 0.1) is 12.6 Å². The maximum Gasteiger partial charge on any atom is 0.330 e. The zero-order valence-electron chi connectivity index (χ0n) is 8.75. The van der Waals surface area contributed by atoms with E-state index in [4.69, 9.17) is 0 Å². The lowest BCUT2D eigenvalue weighted by molar-refractivity contribution is -0.134. The van der Waals surface area contributed by atoms with E-state index in [0.717, 1.165) is 16.5 Å². The minimum Gasteiger partial charge on any atom is -0.466 e. The second-order valence-electron chi connectivity index (χ2n) is 3.16. The van der Waals surface area contributed by atoms with Crippen LogP contribution < -0.4 is 0 Å². The molecule has 0 saturated carbocycles. The SMILES string of the molecule is COC(=O)/C=C/c1cncc2cccnc12. The Morgan fingerprint density at radius 1 is 1.44 bits per heavy atom. The highest BCUT2D eigenvalue weighted by Crippen LogP contribution is 2.15. The van der Waals surface area contributed by atoms with Gasteiger partial charge in [-0.15, -0.1) is 0 Å². The molecule has 0 amide bonds. The van der Waals surface area contributed by atoms with Gasteiger partial charge >= 0.3 is 5.97 Å². The molecule has 0 aliphatic rings. The minimum absolute atomic E-state index is 0.395. The van der Waals surface area contributed by atoms with Gasteiger partial charge in [-0.25, -0.2) is 4.79 Å². The highest BCUT2D eigenvalue weighted by Gasteiger charge is 1.99. The Hall–Kier alpha value is -2.23. The van der Waals surface area contributed by atoms with Gasteiger partial charge in [-0.1, -0.05) is 0 Å². The average Bonchev–Trinajstić information content (AvgIpc) is 2.35. The van der Waals surface area contributed by atoms with Crippen LogP contribution in [-0.4, -0.2) is 23.0 Å². The molecule has 0 bridgehead atoms. The molecule has 2 aromatic rings. The Kier molecular flexibility index (Phi) is 2.91. The number of carbonyl (C=O) groups is 1. The highest BCUT2D eigenvalue weighted by atomic mass is 16.5. The smallest absolute Gasteiger partial charge is 0.330 e. The van der Waals surface area contributed by atoms with Crippen molar-refractivity contribution in [3.63, 3.8) is 0 Å². The van der Waals surface area contributed by atoms with Gasteiger partial charge in [0.2, 0.25) is 0 Å². The van der Waals surface area contributed by atoms with Gasteiger partial charge in [0.1, 0.15) is 0 Å². The number of ether oxygens (including phenoxy) is 1. The lowest BCUT2D eigenvalue weighted by Gasteiger charge is -1.99. The fourth-order valence-electron chi connectivity index (χ4n) is 1.37. The third-order valence-corrected chi connectivity index (χ3v) is 2.14. The van der Waals surface area contributed by atoms with E-state index in [2.05, 4.69) is 14.7 Å². The molecule has 2 heterocycles. The van der Waals surface area contributed by atoms with Gasteiger partial charge in [-0.2, -0.15) is 0 Å². The molecule has 16 heavy (non-hydrogen) atoms. The van der Waals surface area contributed by atoms with Crippen LogP contribution in [0.15, 0.2) is 36.8 Å². The van der Waals surface area contributed by atoms with Crippen LogP contribution in [0.5, 0.6) is 0 Å². The second-order valence-corrected chi connectivity index (χ2v) is 3.16. The van der Waals surface area contributed by atoms with Crippen molar-refractivity contribution < 1.29 is 9.53 Å². The van der Waals surface area contributed by atoms with E-state index in [-0.39, 0.29) is 0 Å². The number of methoxy groups -OCH3 is 1. The fraction of sp³-hybridized carbons (Fsp3) is 0.0833. The van der Waals surface area contributed by atoms with Crippen LogP contribution in [0.3, 0.4) is 0 Å². The van der Waals surface area contributed by atoms with Crippen molar-refractivity contribution in [1.82, 2.24) is 9.97 Å². The standard InChI is InChI=1S/C12H10N2O2/c1-16-11(15)5-4-10-8-13-7-9-3-2-6-14-12(9)10/h2-8H,1H3/b5-4+. The van der Waals surface area contributed by atoms with Gasteiger partial charge in [-0.3, -0.25) is 9.97 Å². The summed E-state index contributed by atoms with van der Waals surface area (Å²) >= 11 is 0. The van der Waals surface area contributed by atoms with E-state index in [1.54, 1.807) is 24.7 Å². The van der Waals surface area contributed by atoms with Crippen LogP contribution in [0.1, 0.15) is 5.56 Å². The Labute approximate surface area is 92.6 Å². The third kappa shape index (κ3) is 2.06. The minimum atomic E-state index is -0.395. The maximum absolute atomic E-state index is 11.0. The number of rotatable bonds is 2. The van der Waals surface area contributed by atoms with E-state index < -0.39 is 5.97 Å². The van der Waals surface area contributed by atoms with Crippen LogP contribution in [0.25, 0.3) is 17.0 Å². The molecule has 0 aliphatic heterocycles. The van der Waals surface area contributed by atoms with E-state index in [1.165, 1.54) is 13.2 Å². The number of hydrogen-bond donors (Lipinski definition) is 0. The van der Waals surface area contributed by atoms with Crippen LogP contribution in [0.4, 0.5) is 0 Å². The fourth-order valence-corrected chi connectivity index (χ4v) is 1.37. The summed E-state index contributed by atoms with van der Waals surface area (Å²) in [6, 6.07) is 3.77. The van der Waals surface area contributed by atoms with Crippen LogP contribution >= 0.6 is 0 Å². The first kappa shape index (κ1) is 10.3. The molecule has 80 valence electrons. The Balaban J connectivity index is 2.45. The van der Waals surface area contributed by atoms with E-state index >= 15 is 0 Å². The molecule has 0 fully saturated rings. The zero-order chi connectivity index (χ0) is 11.4. The van der Waals surface area contributed by atoms with Crippen molar-refractivity contribution in [1.29, 1.82) is 0 Å². The lowest BCUT2D eigenvalue weighted by atomic mass is 10.2. The van der Waals surface area contributed by atoms with Gasteiger partial charge < -0.3 is 4.74 Å². The topological polar surface area (TPSA) is 52.1 Å². The molecule has 2 rings (SSSR count). The zero-order valence-corrected chi connectivity index (χ0v) is 8.75. The number of fused-ring (bicyclic) bond motifs is 1. The number of hydrogen-bond acceptors (Lipinski definition) is 4. The Morgan fingerprint density at radius 2 is 2.31 bits per heavy atom. The van der Waals surface area contributed by atoms with Crippen LogP contribution in [0, 0.1) is 0 Å². The quantitative estimate of drug-likeness (QED) is 0.565. The molecular formula is C12H10N2O2. The molecule has 0 unspecified atom stereocenters. The van der Waals surface area contributed by atoms with Gasteiger partial charge in [0.25, 0.3) is 0 Å². The maximum atomic E-state index is 11.0. The van der Waals surface area contributed by atoms with Crippen LogP contribution in [-0.2, 0) is 9.53 Å². The molecule has 0 saturated heterocycles. The first-order valence-corrected chi connectivity index (χ1v) is 4.76. The molecule has 0 atom stereocenters. The van der Waals surface area contributed by atoms with Gasteiger partial charge in [0.15, 0.2) is 0 Å². The summed E-state index contributed by atoms with van der Waals surface area (Å²) in [7, 11) is 1.34. The van der Waals surface area contributed by atoms with Crippen molar-refractivity contribution in [2.45, 2.75) is 0 Å². The Bertz CT molecular complexity index is 544. The largest absolute Gasteiger partial charge is 0.466 e. The molecule has 0 spiro atoms. The third-order valence-electron chi connectivity index (χ3n) is 2.14. The summed E-state index contributed by atoms with van der Waals surface area (Å²) in [6.07, 6.45) is 8.10. The van der Waals surface area contributed by atoms with Gasteiger partial charge in [0, 0.05) is 35.6 Å². The second kappa shape index (κ2) is 4.53. The summed E-state index contributed by atoms with van der Waals surface area (Å²) < 4.78 is 4.52. The molecule has 4 heteroatoms. The molecule has 2 aromatic heterocycles. The molecule has 0 N–H and O–H groups in total. The summed E-state index contributed by atoms with van der Waals surface area (Å²) in [5.41, 5.74) is 1.61. The highest BCUT2D eigenvalue weighted by molar-refractivity contribution is 5.92. The molecule has 0 aliphatic carbocycles. The normalized spacial score (nSPS) is 10.8. The summed E-state index contributed by atoms with van der Waals surface area (Å²) in [5, 5.41) is 0.939. The van der Waals surface area contributed by atoms with Gasteiger partial charge in [-0.05, 0) is 18.2 Å². The van der Waals surface area contributed by atoms with E-state index in [0.29, 0.717) is 0 Å². The monoisotopic (exact) mass is 214 g/mol. The number of aromatic nitrogens is 2. The molecule has 0 aromatic carbocycles. The number of nitrogens with zero attached hydrogens (tertiary/aromatic N) is 2. The van der Waals surface area contributed by atoms with Crippen molar-refractivity contribution >= 4 is 22.9 Å². The number of esters is 1. The molecule has 4 nitrogen and oxygen atoms in total. The Morgan fingerprint density at radius 3 is 3.12 bits per heavy atom. The first-order valence-electron chi connectivity index (χ1n) is 4.76. The van der Waals surface area contributed by atoms with Crippen molar-refractivity contribution in [3.05, 3.63) is 42.4 Å². The average molecular weight is 214 g/mol. The van der Waals surface area contributed by atoms with Crippen molar-refractivity contribution in [3.8, 4) is 0 Å². The molecule has 0 radical (unpaired) electrons. The van der Waals surface area contributed by atoms with Crippen LogP contribution in [0.2, 0.25) is 0 Å². The summed E-state index contributed by atoms with van der Waals surface area (Å²) in [4.78, 5) is 19.3. The predicted molar refractivity (Wildman–Crippen MR) is 60.6 cm³/mol. The summed E-state index contributed by atoms with van der Waals surface area (Å²) in [6.45, 7) is 0. The number of pyridine rings is 2. The summed E-state index contributed by atoms with van der Waals surface area (Å²) in [5.74, 6) is -0.395. The lowest BCUT2D eigenvalue weighted by Crippen LogP contribution is -1.93. The predicted octanol–water partition coefficient (Wildman–Crippen LogP) is 1.82. The van der Waals surface area contributed by atoms with Crippen molar-refractivity contribution in [2.75, 3.05) is 7.11 Å². The van der Waals surface area contributed by atoms with E-state index in [9.17, 15) is 4.79 Å². The van der Waals surface area contributed by atoms with E-state index in [1.807, 2.05) is 12.1 Å². The number of carbonyl (C=O) groups excluding carboxylic acids is 1. The molecular weight excluding hydrogens is 204 g/mol. The van der Waals surface area contributed by atoms with Crippen molar-refractivity contribution in [2.24, 2.45) is 0 Å². The first-order chi connectivity index (χ1) is 7.81.